The van der Waals surface area contributed by atoms with Crippen LogP contribution in [-0.4, -0.2) is 69.6 Å². The molecule has 0 saturated carbocycles. The number of carbonyl (C=O) groups is 1. The van der Waals surface area contributed by atoms with Crippen LogP contribution in [0.2, 0.25) is 0 Å². The first-order valence-electron chi connectivity index (χ1n) is 11.2. The Kier molecular flexibility index (Phi) is 5.99. The maximum atomic E-state index is 13.4. The Morgan fingerprint density at radius 2 is 2.15 bits per heavy atom. The first kappa shape index (κ1) is 22.1. The minimum absolute atomic E-state index is 0.0169. The van der Waals surface area contributed by atoms with Gasteiger partial charge in [-0.25, -0.2) is 19.7 Å². The van der Waals surface area contributed by atoms with Gasteiger partial charge in [-0.05, 0) is 31.5 Å². The summed E-state index contributed by atoms with van der Waals surface area (Å²) >= 11 is 0. The van der Waals surface area contributed by atoms with Crippen molar-refractivity contribution in [1.29, 1.82) is 0 Å². The van der Waals surface area contributed by atoms with Gasteiger partial charge in [0.05, 0.1) is 36.4 Å². The number of hydrogen-bond acceptors (Lipinski definition) is 8. The molecule has 1 saturated heterocycles. The van der Waals surface area contributed by atoms with Crippen molar-refractivity contribution in [3.8, 4) is 17.1 Å². The van der Waals surface area contributed by atoms with Crippen molar-refractivity contribution in [3.63, 3.8) is 0 Å². The fourth-order valence-corrected chi connectivity index (χ4v) is 4.30. The zero-order chi connectivity index (χ0) is 23.7. The minimum atomic E-state index is -0.997. The number of urea groups is 1. The van der Waals surface area contributed by atoms with Gasteiger partial charge in [-0.2, -0.15) is 0 Å². The molecule has 2 aromatic heterocycles. The SMILES string of the molecule is Cc1cccc(-c2ccc3c(n2)N(C(=O)Nc2cnc(OC[C@H](O)CO)cn2)[C@H]2CCN3C2)c1. The molecule has 2 aliphatic heterocycles. The fourth-order valence-electron chi connectivity index (χ4n) is 4.30. The van der Waals surface area contributed by atoms with Gasteiger partial charge >= 0.3 is 6.03 Å². The molecule has 2 aliphatic rings. The van der Waals surface area contributed by atoms with Crippen LogP contribution in [0, 0.1) is 6.92 Å². The number of benzene rings is 1. The quantitative estimate of drug-likeness (QED) is 0.509. The number of aliphatic hydroxyl groups excluding tert-OH is 2. The Bertz CT molecular complexity index is 1190. The van der Waals surface area contributed by atoms with E-state index in [-0.39, 0.29) is 30.4 Å². The first-order chi connectivity index (χ1) is 16.5. The summed E-state index contributed by atoms with van der Waals surface area (Å²) in [6.45, 7) is 3.17. The summed E-state index contributed by atoms with van der Waals surface area (Å²) in [6.07, 6.45) is 2.61. The highest BCUT2D eigenvalue weighted by Crippen LogP contribution is 2.40. The zero-order valence-corrected chi connectivity index (χ0v) is 18.8. The Morgan fingerprint density at radius 3 is 2.91 bits per heavy atom. The lowest BCUT2D eigenvalue weighted by Crippen LogP contribution is -2.48. The normalized spacial score (nSPS) is 17.3. The Balaban J connectivity index is 1.37. The summed E-state index contributed by atoms with van der Waals surface area (Å²) in [6, 6.07) is 11.9. The molecule has 3 aromatic rings. The molecule has 1 aromatic carbocycles. The van der Waals surface area contributed by atoms with Crippen LogP contribution >= 0.6 is 0 Å². The number of aryl methyl sites for hydroxylation is 1. The highest BCUT2D eigenvalue weighted by molar-refractivity contribution is 6.04. The number of aromatic nitrogens is 3. The molecule has 10 heteroatoms. The van der Waals surface area contributed by atoms with E-state index in [4.69, 9.17) is 14.8 Å². The summed E-state index contributed by atoms with van der Waals surface area (Å²) in [7, 11) is 0. The van der Waals surface area contributed by atoms with Gasteiger partial charge in [-0.3, -0.25) is 10.2 Å². The lowest BCUT2D eigenvalue weighted by Gasteiger charge is -2.35. The molecule has 0 spiro atoms. The van der Waals surface area contributed by atoms with Crippen LogP contribution < -0.4 is 19.9 Å². The Morgan fingerprint density at radius 1 is 1.26 bits per heavy atom. The Labute approximate surface area is 196 Å². The van der Waals surface area contributed by atoms with Crippen LogP contribution in [0.5, 0.6) is 5.88 Å². The molecule has 10 nitrogen and oxygen atoms in total. The molecule has 2 atom stereocenters. The molecule has 1 fully saturated rings. The van der Waals surface area contributed by atoms with Gasteiger partial charge in [-0.1, -0.05) is 23.8 Å². The van der Waals surface area contributed by atoms with Crippen molar-refractivity contribution in [1.82, 2.24) is 15.0 Å². The topological polar surface area (TPSA) is 124 Å². The maximum Gasteiger partial charge on any atom is 0.329 e. The third kappa shape index (κ3) is 4.37. The van der Waals surface area contributed by atoms with E-state index in [1.807, 2.05) is 37.3 Å². The van der Waals surface area contributed by atoms with Crippen LogP contribution in [0.4, 0.5) is 22.1 Å². The number of amides is 2. The third-order valence-electron chi connectivity index (χ3n) is 5.98. The summed E-state index contributed by atoms with van der Waals surface area (Å²) in [5, 5.41) is 21.1. The number of rotatable bonds is 6. The van der Waals surface area contributed by atoms with E-state index in [2.05, 4.69) is 26.3 Å². The van der Waals surface area contributed by atoms with Gasteiger partial charge in [0.15, 0.2) is 11.6 Å². The van der Waals surface area contributed by atoms with Crippen molar-refractivity contribution in [3.05, 3.63) is 54.4 Å². The number of fused-ring (bicyclic) bond motifs is 4. The van der Waals surface area contributed by atoms with Crippen LogP contribution in [-0.2, 0) is 0 Å². The number of anilines is 3. The average molecular weight is 463 g/mol. The van der Waals surface area contributed by atoms with E-state index in [9.17, 15) is 9.90 Å². The molecule has 4 heterocycles. The number of aliphatic hydroxyl groups is 2. The number of nitrogens with zero attached hydrogens (tertiary/aromatic N) is 5. The molecule has 0 aliphatic carbocycles. The van der Waals surface area contributed by atoms with Gasteiger partial charge in [0.1, 0.15) is 12.7 Å². The van der Waals surface area contributed by atoms with Crippen LogP contribution in [0.15, 0.2) is 48.8 Å². The van der Waals surface area contributed by atoms with E-state index in [0.717, 1.165) is 42.0 Å². The maximum absolute atomic E-state index is 13.4. The van der Waals surface area contributed by atoms with Crippen molar-refractivity contribution in [2.75, 3.05) is 41.4 Å². The average Bonchev–Trinajstić information content (AvgIpc) is 3.27. The second-order valence-corrected chi connectivity index (χ2v) is 8.48. The third-order valence-corrected chi connectivity index (χ3v) is 5.98. The second-order valence-electron chi connectivity index (χ2n) is 8.48. The molecular formula is C24H26N6O4. The van der Waals surface area contributed by atoms with Gasteiger partial charge in [0, 0.05) is 18.7 Å². The minimum Gasteiger partial charge on any atom is -0.474 e. The Hall–Kier alpha value is -3.76. The molecule has 2 amide bonds. The van der Waals surface area contributed by atoms with Crippen molar-refractivity contribution < 1.29 is 19.7 Å². The van der Waals surface area contributed by atoms with Crippen LogP contribution in [0.25, 0.3) is 11.3 Å². The molecule has 0 radical (unpaired) electrons. The monoisotopic (exact) mass is 462 g/mol. The number of pyridine rings is 1. The highest BCUT2D eigenvalue weighted by atomic mass is 16.5. The van der Waals surface area contributed by atoms with E-state index in [1.165, 1.54) is 12.4 Å². The predicted molar refractivity (Wildman–Crippen MR) is 127 cm³/mol. The predicted octanol–water partition coefficient (Wildman–Crippen LogP) is 2.21. The molecule has 0 unspecified atom stereocenters. The molecule has 5 rings (SSSR count). The first-order valence-corrected chi connectivity index (χ1v) is 11.2. The van der Waals surface area contributed by atoms with Gasteiger partial charge in [-0.15, -0.1) is 0 Å². The molecule has 2 bridgehead atoms. The smallest absolute Gasteiger partial charge is 0.329 e. The lowest BCUT2D eigenvalue weighted by molar-refractivity contribution is 0.0520. The number of hydrogen-bond donors (Lipinski definition) is 3. The summed E-state index contributed by atoms with van der Waals surface area (Å²) in [5.41, 5.74) is 3.91. The summed E-state index contributed by atoms with van der Waals surface area (Å²) in [5.74, 6) is 1.10. The lowest BCUT2D eigenvalue weighted by atomic mass is 10.1. The zero-order valence-electron chi connectivity index (χ0n) is 18.8. The van der Waals surface area contributed by atoms with Crippen LogP contribution in [0.3, 0.4) is 0 Å². The van der Waals surface area contributed by atoms with E-state index < -0.39 is 12.7 Å². The van der Waals surface area contributed by atoms with E-state index in [0.29, 0.717) is 5.82 Å². The molecule has 3 N–H and O–H groups in total. The fraction of sp³-hybridized carbons (Fsp3) is 0.333. The van der Waals surface area contributed by atoms with E-state index >= 15 is 0 Å². The van der Waals surface area contributed by atoms with Gasteiger partial charge < -0.3 is 19.8 Å². The number of ether oxygens (including phenoxy) is 1. The van der Waals surface area contributed by atoms with Gasteiger partial charge in [0.25, 0.3) is 0 Å². The summed E-state index contributed by atoms with van der Waals surface area (Å²) in [4.78, 5) is 30.5. The molecule has 34 heavy (non-hydrogen) atoms. The number of carbonyl (C=O) groups excluding carboxylic acids is 1. The van der Waals surface area contributed by atoms with Crippen molar-refractivity contribution in [2.45, 2.75) is 25.5 Å². The molecular weight excluding hydrogens is 436 g/mol. The second kappa shape index (κ2) is 9.24. The van der Waals surface area contributed by atoms with E-state index in [1.54, 1.807) is 4.90 Å². The largest absolute Gasteiger partial charge is 0.474 e. The summed E-state index contributed by atoms with van der Waals surface area (Å²) < 4.78 is 5.26. The standard InChI is InChI=1S/C24H26N6O4/c1-15-3-2-4-16(9-15)19-5-6-20-23(27-19)30(17-7-8-29(20)12-17)24(33)28-21-10-26-22(11-25-21)34-14-18(32)13-31/h2-6,9-11,17-18,31-32H,7-8,12-14H2,1H3,(H,25,28,33)/t17-,18+/m0/s1. The number of nitrogens with one attached hydrogen (secondary N) is 1. The van der Waals surface area contributed by atoms with Gasteiger partial charge in [0.2, 0.25) is 5.88 Å². The highest BCUT2D eigenvalue weighted by Gasteiger charge is 2.40. The van der Waals surface area contributed by atoms with Crippen LogP contribution in [0.1, 0.15) is 12.0 Å². The van der Waals surface area contributed by atoms with Crippen molar-refractivity contribution in [2.24, 2.45) is 0 Å². The molecule has 176 valence electrons. The van der Waals surface area contributed by atoms with Crippen molar-refractivity contribution >= 4 is 23.4 Å².